The Morgan fingerprint density at radius 2 is 1.71 bits per heavy atom. The molecule has 0 radical (unpaired) electrons. The molecule has 2 heterocycles. The van der Waals surface area contributed by atoms with E-state index in [2.05, 4.69) is 0 Å². The first-order valence-electron chi connectivity index (χ1n) is 10.3. The highest BCUT2D eigenvalue weighted by molar-refractivity contribution is 6.52. The first-order valence-corrected chi connectivity index (χ1v) is 11.0. The number of ketones is 1. The summed E-state index contributed by atoms with van der Waals surface area (Å²) in [5, 5.41) is 13.2. The zero-order valence-electron chi connectivity index (χ0n) is 17.8. The summed E-state index contributed by atoms with van der Waals surface area (Å²) in [5.74, 6) is -1.51. The molecule has 1 aliphatic heterocycles. The fraction of sp³-hybridized carbons (Fsp3) is 0.0769. The molecule has 1 aromatic heterocycles. The van der Waals surface area contributed by atoms with Crippen molar-refractivity contribution < 1.29 is 23.8 Å². The Hall–Kier alpha value is -3.74. The largest absolute Gasteiger partial charge is 0.507 e. The molecule has 1 atom stereocenters. The van der Waals surface area contributed by atoms with E-state index in [-0.39, 0.29) is 26.9 Å². The van der Waals surface area contributed by atoms with Gasteiger partial charge in [-0.15, -0.1) is 0 Å². The summed E-state index contributed by atoms with van der Waals surface area (Å²) < 4.78 is 10.8. The lowest BCUT2D eigenvalue weighted by atomic mass is 9.98. The highest BCUT2D eigenvalue weighted by atomic mass is 35.5. The molecular weight excluding hydrogens is 477 g/mol. The Labute approximate surface area is 204 Å². The van der Waals surface area contributed by atoms with Crippen LogP contribution in [0.3, 0.4) is 0 Å². The Bertz CT molecular complexity index is 1450. The summed E-state index contributed by atoms with van der Waals surface area (Å²) in [6.45, 7) is 0. The van der Waals surface area contributed by atoms with Crippen LogP contribution in [0.25, 0.3) is 16.5 Å². The van der Waals surface area contributed by atoms with E-state index in [4.69, 9.17) is 32.4 Å². The zero-order valence-corrected chi connectivity index (χ0v) is 19.3. The lowest BCUT2D eigenvalue weighted by Gasteiger charge is -2.24. The van der Waals surface area contributed by atoms with Gasteiger partial charge in [0.05, 0.1) is 34.7 Å². The van der Waals surface area contributed by atoms with E-state index in [1.807, 2.05) is 30.3 Å². The second kappa shape index (κ2) is 8.56. The highest BCUT2D eigenvalue weighted by Crippen LogP contribution is 2.45. The normalized spacial score (nSPS) is 17.5. The molecule has 1 unspecified atom stereocenters. The van der Waals surface area contributed by atoms with Crippen molar-refractivity contribution in [2.24, 2.45) is 0 Å². The van der Waals surface area contributed by atoms with Gasteiger partial charge < -0.3 is 14.3 Å². The molecule has 1 N–H and O–H groups in total. The van der Waals surface area contributed by atoms with Crippen LogP contribution < -0.4 is 9.64 Å². The van der Waals surface area contributed by atoms with Gasteiger partial charge in [-0.25, -0.2) is 0 Å². The number of hydrogen-bond donors (Lipinski definition) is 1. The number of rotatable bonds is 4. The van der Waals surface area contributed by atoms with Gasteiger partial charge in [0, 0.05) is 10.9 Å². The first-order chi connectivity index (χ1) is 16.4. The van der Waals surface area contributed by atoms with E-state index in [1.54, 1.807) is 24.3 Å². The van der Waals surface area contributed by atoms with Crippen LogP contribution in [0.4, 0.5) is 5.69 Å². The molecule has 1 fully saturated rings. The Morgan fingerprint density at radius 3 is 2.38 bits per heavy atom. The van der Waals surface area contributed by atoms with Crippen LogP contribution in [-0.2, 0) is 9.59 Å². The lowest BCUT2D eigenvalue weighted by Crippen LogP contribution is -2.29. The molecule has 3 aromatic carbocycles. The summed E-state index contributed by atoms with van der Waals surface area (Å²) in [6, 6.07) is 18.1. The van der Waals surface area contributed by atoms with Crippen LogP contribution in [0.2, 0.25) is 10.0 Å². The molecule has 1 amide bonds. The molecule has 0 saturated carbocycles. The van der Waals surface area contributed by atoms with Crippen molar-refractivity contribution in [1.29, 1.82) is 0 Å². The number of furan rings is 1. The molecule has 1 aliphatic rings. The third-order valence-electron chi connectivity index (χ3n) is 5.76. The Kier molecular flexibility index (Phi) is 5.55. The number of hydrogen-bond acceptors (Lipinski definition) is 5. The van der Waals surface area contributed by atoms with Crippen LogP contribution in [0.1, 0.15) is 17.4 Å². The number of carbonyl (C=O) groups is 2. The predicted molar refractivity (Wildman–Crippen MR) is 130 cm³/mol. The smallest absolute Gasteiger partial charge is 0.300 e. The molecule has 5 rings (SSSR count). The number of aliphatic hydroxyl groups is 1. The minimum atomic E-state index is -1.000. The van der Waals surface area contributed by atoms with Crippen molar-refractivity contribution in [3.8, 4) is 5.75 Å². The maximum absolute atomic E-state index is 13.4. The number of methoxy groups -OCH3 is 1. The molecule has 170 valence electrons. The van der Waals surface area contributed by atoms with Crippen molar-refractivity contribution >= 4 is 57.1 Å². The maximum atomic E-state index is 13.4. The molecule has 4 aromatic rings. The minimum absolute atomic E-state index is 0.134. The fourth-order valence-electron chi connectivity index (χ4n) is 4.26. The number of anilines is 1. The van der Waals surface area contributed by atoms with Gasteiger partial charge in [0.1, 0.15) is 17.6 Å². The number of nitrogens with zero attached hydrogens (tertiary/aromatic N) is 1. The molecule has 0 bridgehead atoms. The van der Waals surface area contributed by atoms with E-state index >= 15 is 0 Å². The van der Waals surface area contributed by atoms with Crippen LogP contribution in [0.5, 0.6) is 5.75 Å². The Balaban J connectivity index is 1.76. The minimum Gasteiger partial charge on any atom is -0.507 e. The van der Waals surface area contributed by atoms with E-state index in [0.29, 0.717) is 11.4 Å². The van der Waals surface area contributed by atoms with Gasteiger partial charge in [-0.1, -0.05) is 59.6 Å². The molecule has 6 nitrogen and oxygen atoms in total. The van der Waals surface area contributed by atoms with Gasteiger partial charge >= 0.3 is 0 Å². The first kappa shape index (κ1) is 22.1. The summed E-state index contributed by atoms with van der Waals surface area (Å²) in [6.07, 6.45) is 1.44. The summed E-state index contributed by atoms with van der Waals surface area (Å²) >= 11 is 12.5. The van der Waals surface area contributed by atoms with E-state index in [9.17, 15) is 14.7 Å². The van der Waals surface area contributed by atoms with E-state index in [1.165, 1.54) is 30.4 Å². The summed E-state index contributed by atoms with van der Waals surface area (Å²) in [7, 11) is 1.42. The average molecular weight is 494 g/mol. The van der Waals surface area contributed by atoms with Gasteiger partial charge in [-0.2, -0.15) is 0 Å². The topological polar surface area (TPSA) is 80.0 Å². The lowest BCUT2D eigenvalue weighted by molar-refractivity contribution is -0.132. The number of Topliss-reactive ketones (excluding diaryl/α,β-unsaturated/α-hetero) is 1. The maximum Gasteiger partial charge on any atom is 0.300 e. The molecule has 34 heavy (non-hydrogen) atoms. The van der Waals surface area contributed by atoms with Crippen molar-refractivity contribution in [2.45, 2.75) is 6.04 Å². The number of carbonyl (C=O) groups excluding carboxylic acids is 2. The summed E-state index contributed by atoms with van der Waals surface area (Å²) in [5.41, 5.74) is 0.555. The van der Waals surface area contributed by atoms with Gasteiger partial charge in [0.15, 0.2) is 5.75 Å². The predicted octanol–water partition coefficient (Wildman–Crippen LogP) is 6.37. The van der Waals surface area contributed by atoms with Crippen molar-refractivity contribution in [2.75, 3.05) is 12.0 Å². The van der Waals surface area contributed by atoms with E-state index < -0.39 is 23.5 Å². The molecule has 0 aliphatic carbocycles. The van der Waals surface area contributed by atoms with Gasteiger partial charge in [-0.3, -0.25) is 14.5 Å². The Morgan fingerprint density at radius 1 is 1.00 bits per heavy atom. The number of fused-ring (bicyclic) bond motifs is 1. The van der Waals surface area contributed by atoms with Gasteiger partial charge in [-0.05, 0) is 35.7 Å². The molecule has 8 heteroatoms. The third kappa shape index (κ3) is 3.43. The zero-order chi connectivity index (χ0) is 24.0. The monoisotopic (exact) mass is 493 g/mol. The average Bonchev–Trinajstić information content (AvgIpc) is 3.45. The number of aliphatic hydroxyl groups excluding tert-OH is 1. The standard InChI is InChI=1S/C26H17Cl2NO5/c1-33-25-17(27)12-15(13-18(25)28)23(30)21-22(20-10-5-11-34-20)29(26(32)24(21)31)19-9-4-7-14-6-2-3-8-16(14)19/h2-13,22,30H,1H3/b23-21-. The second-order valence-electron chi connectivity index (χ2n) is 7.66. The quantitative estimate of drug-likeness (QED) is 0.203. The van der Waals surface area contributed by atoms with Gasteiger partial charge in [0.25, 0.3) is 11.7 Å². The molecular formula is C26H17Cl2NO5. The van der Waals surface area contributed by atoms with Crippen LogP contribution in [-0.4, -0.2) is 23.9 Å². The molecule has 1 saturated heterocycles. The van der Waals surface area contributed by atoms with E-state index in [0.717, 1.165) is 10.8 Å². The van der Waals surface area contributed by atoms with Crippen LogP contribution in [0.15, 0.2) is 83.0 Å². The van der Waals surface area contributed by atoms with Crippen molar-refractivity contribution in [1.82, 2.24) is 0 Å². The van der Waals surface area contributed by atoms with Crippen molar-refractivity contribution in [3.63, 3.8) is 0 Å². The SMILES string of the molecule is COc1c(Cl)cc(/C(O)=C2/C(=O)C(=O)N(c3cccc4ccccc34)C2c2ccco2)cc1Cl. The summed E-state index contributed by atoms with van der Waals surface area (Å²) in [4.78, 5) is 28.0. The van der Waals surface area contributed by atoms with Crippen molar-refractivity contribution in [3.05, 3.63) is 99.9 Å². The number of benzene rings is 3. The highest BCUT2D eigenvalue weighted by Gasteiger charge is 2.48. The van der Waals surface area contributed by atoms with Gasteiger partial charge in [0.2, 0.25) is 0 Å². The number of ether oxygens (including phenoxy) is 1. The number of halogens is 2. The van der Waals surface area contributed by atoms with Crippen LogP contribution in [0, 0.1) is 0 Å². The third-order valence-corrected chi connectivity index (χ3v) is 6.32. The second-order valence-corrected chi connectivity index (χ2v) is 8.47. The molecule has 0 spiro atoms. The fourth-order valence-corrected chi connectivity index (χ4v) is 4.90. The van der Waals surface area contributed by atoms with Crippen LogP contribution >= 0.6 is 23.2 Å². The number of amides is 1.